The van der Waals surface area contributed by atoms with Crippen LogP contribution in [0.25, 0.3) is 0 Å². The molecule has 6 heteroatoms. The first-order valence-electron chi connectivity index (χ1n) is 11.3. The lowest BCUT2D eigenvalue weighted by molar-refractivity contribution is -0.125. The van der Waals surface area contributed by atoms with Crippen LogP contribution in [0.15, 0.2) is 60.8 Å². The van der Waals surface area contributed by atoms with E-state index in [1.54, 1.807) is 6.07 Å². The molecule has 1 N–H and O–H groups in total. The number of imide groups is 1. The number of amides is 3. The summed E-state index contributed by atoms with van der Waals surface area (Å²) in [5, 5.41) is 2.67. The Morgan fingerprint density at radius 2 is 1.62 bits per heavy atom. The second-order valence-electron chi connectivity index (χ2n) is 8.97. The molecule has 6 nitrogen and oxygen atoms in total. The van der Waals surface area contributed by atoms with Crippen molar-refractivity contribution in [2.75, 3.05) is 13.1 Å². The number of likely N-dealkylation sites (tertiary alicyclic amines) is 1. The number of carbonyl (C=O) groups excluding carboxylic acids is 3. The van der Waals surface area contributed by atoms with Crippen LogP contribution >= 0.6 is 0 Å². The van der Waals surface area contributed by atoms with Crippen LogP contribution in [0.1, 0.15) is 63.4 Å². The van der Waals surface area contributed by atoms with Crippen LogP contribution in [0, 0.1) is 0 Å². The Labute approximate surface area is 187 Å². The van der Waals surface area contributed by atoms with Crippen molar-refractivity contribution in [3.63, 3.8) is 0 Å². The number of nitrogens with one attached hydrogen (secondary N) is 1. The predicted octanol–water partition coefficient (Wildman–Crippen LogP) is 3.45. The van der Waals surface area contributed by atoms with E-state index in [4.69, 9.17) is 0 Å². The Morgan fingerprint density at radius 1 is 0.906 bits per heavy atom. The lowest BCUT2D eigenvalue weighted by Crippen LogP contribution is -2.51. The topological polar surface area (TPSA) is 69.7 Å². The molecule has 3 aliphatic rings. The number of hydrogen-bond acceptors (Lipinski definition) is 4. The fourth-order valence-electron chi connectivity index (χ4n) is 5.09. The van der Waals surface area contributed by atoms with E-state index >= 15 is 0 Å². The van der Waals surface area contributed by atoms with Gasteiger partial charge in [0.05, 0.1) is 11.1 Å². The minimum Gasteiger partial charge on any atom is -0.329 e. The monoisotopic (exact) mass is 429 g/mol. The molecule has 1 unspecified atom stereocenters. The fraction of sp³-hybridized carbons (Fsp3) is 0.346. The lowest BCUT2D eigenvalue weighted by atomic mass is 9.87. The highest BCUT2D eigenvalue weighted by molar-refractivity contribution is 6.23. The van der Waals surface area contributed by atoms with E-state index in [2.05, 4.69) is 41.1 Å². The van der Waals surface area contributed by atoms with Crippen molar-refractivity contribution in [3.05, 3.63) is 83.1 Å². The first-order valence-corrected chi connectivity index (χ1v) is 11.3. The molecule has 0 aromatic heterocycles. The van der Waals surface area contributed by atoms with Gasteiger partial charge < -0.3 is 5.32 Å². The van der Waals surface area contributed by atoms with Crippen molar-refractivity contribution in [2.45, 2.75) is 44.2 Å². The normalized spacial score (nSPS) is 22.2. The molecule has 32 heavy (non-hydrogen) atoms. The van der Waals surface area contributed by atoms with Crippen LogP contribution in [0.3, 0.4) is 0 Å². The third-order valence-electron chi connectivity index (χ3n) is 6.88. The second kappa shape index (κ2) is 8.36. The molecule has 0 spiro atoms. The molecular weight excluding hydrogens is 402 g/mol. The third kappa shape index (κ3) is 3.75. The summed E-state index contributed by atoms with van der Waals surface area (Å²) in [7, 11) is 0. The Balaban J connectivity index is 1.28. The largest absolute Gasteiger partial charge is 0.329 e. The number of benzene rings is 2. The fourth-order valence-corrected chi connectivity index (χ4v) is 5.09. The minimum absolute atomic E-state index is 0.332. The molecule has 2 fully saturated rings. The van der Waals surface area contributed by atoms with Crippen molar-refractivity contribution in [1.82, 2.24) is 15.1 Å². The van der Waals surface area contributed by atoms with E-state index in [9.17, 15) is 14.4 Å². The van der Waals surface area contributed by atoms with Crippen molar-refractivity contribution >= 4 is 17.7 Å². The summed E-state index contributed by atoms with van der Waals surface area (Å²) >= 11 is 0. The number of nitrogens with zero attached hydrogens (tertiary/aromatic N) is 2. The van der Waals surface area contributed by atoms with Gasteiger partial charge in [-0.1, -0.05) is 43.0 Å². The Kier molecular flexibility index (Phi) is 5.39. The summed E-state index contributed by atoms with van der Waals surface area (Å²) < 4.78 is 0. The van der Waals surface area contributed by atoms with Gasteiger partial charge in [-0.05, 0) is 68.0 Å². The maximum atomic E-state index is 13.1. The van der Waals surface area contributed by atoms with Gasteiger partial charge in [-0.3, -0.25) is 24.2 Å². The summed E-state index contributed by atoms with van der Waals surface area (Å²) in [6.45, 7) is 6.73. The number of allylic oxidation sites excluding steroid dienone is 1. The molecule has 3 amide bonds. The van der Waals surface area contributed by atoms with Crippen LogP contribution in [0.5, 0.6) is 0 Å². The molecule has 2 aromatic carbocycles. The van der Waals surface area contributed by atoms with Crippen molar-refractivity contribution in [3.8, 4) is 0 Å². The number of rotatable bonds is 4. The summed E-state index contributed by atoms with van der Waals surface area (Å²) in [5.74, 6) is -0.699. The molecule has 0 radical (unpaired) electrons. The van der Waals surface area contributed by atoms with E-state index in [-0.39, 0.29) is 17.7 Å². The molecule has 5 rings (SSSR count). The smallest absolute Gasteiger partial charge is 0.262 e. The van der Waals surface area contributed by atoms with Gasteiger partial charge in [-0.25, -0.2) is 0 Å². The van der Waals surface area contributed by atoms with E-state index in [0.717, 1.165) is 42.9 Å². The van der Waals surface area contributed by atoms with Crippen LogP contribution in [-0.2, 0) is 11.3 Å². The summed E-state index contributed by atoms with van der Waals surface area (Å²) in [5.41, 5.74) is 3.88. The molecule has 164 valence electrons. The average molecular weight is 430 g/mol. The van der Waals surface area contributed by atoms with Crippen LogP contribution < -0.4 is 5.32 Å². The first-order chi connectivity index (χ1) is 15.5. The van der Waals surface area contributed by atoms with Crippen molar-refractivity contribution in [2.24, 2.45) is 0 Å². The number of hydrogen-bond donors (Lipinski definition) is 1. The van der Waals surface area contributed by atoms with E-state index in [1.807, 2.05) is 18.2 Å². The molecular formula is C26H27N3O3. The maximum Gasteiger partial charge on any atom is 0.262 e. The quantitative estimate of drug-likeness (QED) is 0.756. The van der Waals surface area contributed by atoms with Gasteiger partial charge in [0.15, 0.2) is 0 Å². The Bertz CT molecular complexity index is 1090. The molecule has 0 aliphatic carbocycles. The summed E-state index contributed by atoms with van der Waals surface area (Å²) in [4.78, 5) is 42.0. The molecule has 3 heterocycles. The van der Waals surface area contributed by atoms with Gasteiger partial charge >= 0.3 is 0 Å². The van der Waals surface area contributed by atoms with Gasteiger partial charge in [0, 0.05) is 12.2 Å². The third-order valence-corrected chi connectivity index (χ3v) is 6.88. The zero-order valence-corrected chi connectivity index (χ0v) is 18.0. The SMILES string of the molecule is C=C1CCC(N2C(=O)c3ccc(C4CCN(Cc5ccccc5)CC4)cc3C2=O)C(=O)N1. The molecule has 3 aliphatic heterocycles. The van der Waals surface area contributed by atoms with E-state index in [1.165, 1.54) is 5.56 Å². The molecule has 2 aromatic rings. The second-order valence-corrected chi connectivity index (χ2v) is 8.97. The van der Waals surface area contributed by atoms with Crippen LogP contribution in [0.4, 0.5) is 0 Å². The maximum absolute atomic E-state index is 13.1. The first kappa shape index (κ1) is 20.6. The van der Waals surface area contributed by atoms with Gasteiger partial charge in [-0.2, -0.15) is 0 Å². The molecule has 2 saturated heterocycles. The van der Waals surface area contributed by atoms with Gasteiger partial charge in [0.25, 0.3) is 11.8 Å². The highest BCUT2D eigenvalue weighted by atomic mass is 16.2. The van der Waals surface area contributed by atoms with E-state index < -0.39 is 6.04 Å². The van der Waals surface area contributed by atoms with E-state index in [0.29, 0.717) is 35.6 Å². The van der Waals surface area contributed by atoms with Gasteiger partial charge in [-0.15, -0.1) is 0 Å². The molecule has 1 atom stereocenters. The highest BCUT2D eigenvalue weighted by Crippen LogP contribution is 2.34. The zero-order chi connectivity index (χ0) is 22.2. The standard InChI is InChI=1S/C26H27N3O3/c1-17-7-10-23(24(30)27-17)29-25(31)21-9-8-20(15-22(21)26(29)32)19-11-13-28(14-12-19)16-18-5-3-2-4-6-18/h2-6,8-9,15,19,23H,1,7,10-14,16H2,(H,27,30). The van der Waals surface area contributed by atoms with Gasteiger partial charge in [0.2, 0.25) is 5.91 Å². The Morgan fingerprint density at radius 3 is 2.34 bits per heavy atom. The number of piperidine rings is 2. The predicted molar refractivity (Wildman–Crippen MR) is 121 cm³/mol. The molecule has 0 bridgehead atoms. The zero-order valence-electron chi connectivity index (χ0n) is 18.0. The summed E-state index contributed by atoms with van der Waals surface area (Å²) in [6, 6.07) is 15.4. The van der Waals surface area contributed by atoms with Crippen LogP contribution in [-0.4, -0.2) is 46.7 Å². The summed E-state index contributed by atoms with van der Waals surface area (Å²) in [6.07, 6.45) is 3.02. The minimum atomic E-state index is -0.766. The number of fused-ring (bicyclic) bond motifs is 1. The number of carbonyl (C=O) groups is 3. The lowest BCUT2D eigenvalue weighted by Gasteiger charge is -2.32. The Hall–Kier alpha value is -3.25. The van der Waals surface area contributed by atoms with Crippen LogP contribution in [0.2, 0.25) is 0 Å². The van der Waals surface area contributed by atoms with Crippen molar-refractivity contribution in [1.29, 1.82) is 0 Å². The molecule has 0 saturated carbocycles. The van der Waals surface area contributed by atoms with Crippen molar-refractivity contribution < 1.29 is 14.4 Å². The highest BCUT2D eigenvalue weighted by Gasteiger charge is 2.44. The average Bonchev–Trinajstić information content (AvgIpc) is 3.05. The van der Waals surface area contributed by atoms with Gasteiger partial charge in [0.1, 0.15) is 6.04 Å².